The summed E-state index contributed by atoms with van der Waals surface area (Å²) in [6.07, 6.45) is 0. The summed E-state index contributed by atoms with van der Waals surface area (Å²) in [6, 6.07) is 28.7. The summed E-state index contributed by atoms with van der Waals surface area (Å²) < 4.78 is 30.5. The maximum absolute atomic E-state index is 13.7. The molecule has 4 aromatic rings. The third-order valence-electron chi connectivity index (χ3n) is 5.06. The Kier molecular flexibility index (Phi) is 7.81. The fourth-order valence-electron chi connectivity index (χ4n) is 3.30. The van der Waals surface area contributed by atoms with Gasteiger partial charge in [-0.05, 0) is 66.2 Å². The second-order valence-corrected chi connectivity index (χ2v) is 7.59. The molecule has 0 heterocycles. The number of hydrogen-bond donors (Lipinski definition) is 2. The van der Waals surface area contributed by atoms with Gasteiger partial charge in [0.15, 0.2) is 18.1 Å². The van der Waals surface area contributed by atoms with E-state index in [-0.39, 0.29) is 12.3 Å². The Morgan fingerprint density at radius 2 is 1.54 bits per heavy atom. The van der Waals surface area contributed by atoms with Crippen LogP contribution < -0.4 is 24.8 Å². The van der Waals surface area contributed by atoms with Gasteiger partial charge in [-0.25, -0.2) is 4.39 Å². The van der Waals surface area contributed by atoms with Gasteiger partial charge in [0.05, 0.1) is 12.8 Å². The molecule has 35 heavy (non-hydrogen) atoms. The van der Waals surface area contributed by atoms with E-state index in [0.29, 0.717) is 18.0 Å². The number of carbonyl (C=O) groups is 1. The number of rotatable bonds is 10. The molecule has 0 atom stereocenters. The lowest BCUT2D eigenvalue weighted by atomic mass is 10.2. The molecule has 178 valence electrons. The Morgan fingerprint density at radius 3 is 2.29 bits per heavy atom. The molecule has 1 amide bonds. The number of carbonyl (C=O) groups excluding carboxylic acids is 1. The van der Waals surface area contributed by atoms with Crippen LogP contribution in [0.5, 0.6) is 23.0 Å². The number of para-hydroxylation sites is 2. The molecular weight excluding hydrogens is 447 g/mol. The van der Waals surface area contributed by atoms with Crippen molar-refractivity contribution in [3.05, 3.63) is 108 Å². The summed E-state index contributed by atoms with van der Waals surface area (Å²) in [5, 5.41) is 5.84. The minimum atomic E-state index is -0.506. The second kappa shape index (κ2) is 11.6. The summed E-state index contributed by atoms with van der Waals surface area (Å²) in [4.78, 5) is 12.1. The number of anilines is 2. The molecule has 0 spiro atoms. The number of benzene rings is 4. The zero-order chi connectivity index (χ0) is 24.5. The summed E-state index contributed by atoms with van der Waals surface area (Å²) >= 11 is 0. The lowest BCUT2D eigenvalue weighted by Gasteiger charge is -2.13. The monoisotopic (exact) mass is 472 g/mol. The summed E-state index contributed by atoms with van der Waals surface area (Å²) in [6.45, 7) is 0.281. The molecular formula is C28H25FN2O4. The molecule has 0 aliphatic carbocycles. The number of amides is 1. The summed E-state index contributed by atoms with van der Waals surface area (Å²) in [5.41, 5.74) is 2.01. The van der Waals surface area contributed by atoms with E-state index < -0.39 is 11.7 Å². The highest BCUT2D eigenvalue weighted by Gasteiger charge is 2.11. The molecule has 0 saturated carbocycles. The van der Waals surface area contributed by atoms with Gasteiger partial charge < -0.3 is 24.8 Å². The van der Waals surface area contributed by atoms with Crippen LogP contribution in [-0.4, -0.2) is 19.6 Å². The second-order valence-electron chi connectivity index (χ2n) is 7.59. The van der Waals surface area contributed by atoms with Gasteiger partial charge >= 0.3 is 0 Å². The predicted molar refractivity (Wildman–Crippen MR) is 134 cm³/mol. The maximum atomic E-state index is 13.7. The van der Waals surface area contributed by atoms with E-state index in [4.69, 9.17) is 14.2 Å². The van der Waals surface area contributed by atoms with Crippen molar-refractivity contribution in [3.8, 4) is 23.0 Å². The molecule has 7 heteroatoms. The minimum absolute atomic E-state index is 0.106. The van der Waals surface area contributed by atoms with Gasteiger partial charge in [-0.2, -0.15) is 0 Å². The van der Waals surface area contributed by atoms with Crippen LogP contribution in [0.25, 0.3) is 0 Å². The lowest BCUT2D eigenvalue weighted by molar-refractivity contribution is -0.118. The Labute approximate surface area is 203 Å². The minimum Gasteiger partial charge on any atom is -0.493 e. The SMILES string of the molecule is COc1cc(CNc2ccc(Oc3ccccc3)cc2)ccc1OCC(=O)Nc1ccccc1F. The van der Waals surface area contributed by atoms with E-state index in [2.05, 4.69) is 10.6 Å². The molecule has 0 aliphatic heterocycles. The van der Waals surface area contributed by atoms with Gasteiger partial charge in [0.25, 0.3) is 5.91 Å². The van der Waals surface area contributed by atoms with E-state index in [9.17, 15) is 9.18 Å². The first-order chi connectivity index (χ1) is 17.1. The van der Waals surface area contributed by atoms with Crippen molar-refractivity contribution in [2.75, 3.05) is 24.4 Å². The molecule has 0 unspecified atom stereocenters. The highest BCUT2D eigenvalue weighted by molar-refractivity contribution is 5.92. The van der Waals surface area contributed by atoms with Gasteiger partial charge in [-0.1, -0.05) is 36.4 Å². The van der Waals surface area contributed by atoms with Crippen molar-refractivity contribution >= 4 is 17.3 Å². The van der Waals surface area contributed by atoms with E-state index in [1.165, 1.54) is 19.2 Å². The molecule has 0 fully saturated rings. The van der Waals surface area contributed by atoms with Crippen LogP contribution in [-0.2, 0) is 11.3 Å². The van der Waals surface area contributed by atoms with Crippen molar-refractivity contribution in [2.24, 2.45) is 0 Å². The molecule has 4 rings (SSSR count). The Hall–Kier alpha value is -4.52. The van der Waals surface area contributed by atoms with Crippen LogP contribution in [0.3, 0.4) is 0 Å². The van der Waals surface area contributed by atoms with Gasteiger partial charge in [0.1, 0.15) is 17.3 Å². The number of nitrogens with one attached hydrogen (secondary N) is 2. The number of halogens is 1. The van der Waals surface area contributed by atoms with Gasteiger partial charge in [-0.15, -0.1) is 0 Å². The van der Waals surface area contributed by atoms with Gasteiger partial charge in [-0.3, -0.25) is 4.79 Å². The molecule has 0 aromatic heterocycles. The van der Waals surface area contributed by atoms with Crippen LogP contribution in [0.15, 0.2) is 97.1 Å². The molecule has 6 nitrogen and oxygen atoms in total. The van der Waals surface area contributed by atoms with E-state index in [1.54, 1.807) is 18.2 Å². The Balaban J connectivity index is 1.30. The summed E-state index contributed by atoms with van der Waals surface area (Å²) in [5.74, 6) is 1.48. The molecule has 4 aromatic carbocycles. The van der Waals surface area contributed by atoms with Crippen molar-refractivity contribution in [2.45, 2.75) is 6.54 Å². The third-order valence-corrected chi connectivity index (χ3v) is 5.06. The van der Waals surface area contributed by atoms with E-state index in [1.807, 2.05) is 66.7 Å². The highest BCUT2D eigenvalue weighted by Crippen LogP contribution is 2.29. The van der Waals surface area contributed by atoms with Gasteiger partial charge in [0.2, 0.25) is 0 Å². The van der Waals surface area contributed by atoms with Crippen LogP contribution in [0.4, 0.5) is 15.8 Å². The van der Waals surface area contributed by atoms with Crippen molar-refractivity contribution < 1.29 is 23.4 Å². The molecule has 0 bridgehead atoms. The van der Waals surface area contributed by atoms with E-state index >= 15 is 0 Å². The Morgan fingerprint density at radius 1 is 0.829 bits per heavy atom. The predicted octanol–water partition coefficient (Wildman–Crippen LogP) is 6.26. The van der Waals surface area contributed by atoms with Crippen molar-refractivity contribution in [1.29, 1.82) is 0 Å². The number of methoxy groups -OCH3 is 1. The average molecular weight is 473 g/mol. The third kappa shape index (κ3) is 6.74. The molecule has 0 saturated heterocycles. The van der Waals surface area contributed by atoms with Crippen molar-refractivity contribution in [1.82, 2.24) is 0 Å². The first-order valence-electron chi connectivity index (χ1n) is 11.0. The fourth-order valence-corrected chi connectivity index (χ4v) is 3.30. The first kappa shape index (κ1) is 23.6. The Bertz CT molecular complexity index is 1260. The largest absolute Gasteiger partial charge is 0.493 e. The molecule has 2 N–H and O–H groups in total. The molecule has 0 radical (unpaired) electrons. The maximum Gasteiger partial charge on any atom is 0.262 e. The fraction of sp³-hybridized carbons (Fsp3) is 0.107. The topological polar surface area (TPSA) is 68.8 Å². The van der Waals surface area contributed by atoms with E-state index in [0.717, 1.165) is 22.7 Å². The highest BCUT2D eigenvalue weighted by atomic mass is 19.1. The summed E-state index contributed by atoms with van der Waals surface area (Å²) in [7, 11) is 1.53. The smallest absolute Gasteiger partial charge is 0.262 e. The lowest BCUT2D eigenvalue weighted by Crippen LogP contribution is -2.21. The van der Waals surface area contributed by atoms with Crippen LogP contribution >= 0.6 is 0 Å². The van der Waals surface area contributed by atoms with Crippen molar-refractivity contribution in [3.63, 3.8) is 0 Å². The number of hydrogen-bond acceptors (Lipinski definition) is 5. The number of ether oxygens (including phenoxy) is 3. The zero-order valence-electron chi connectivity index (χ0n) is 19.2. The molecule has 0 aliphatic rings. The first-order valence-corrected chi connectivity index (χ1v) is 11.0. The van der Waals surface area contributed by atoms with Crippen LogP contribution in [0, 0.1) is 5.82 Å². The average Bonchev–Trinajstić information content (AvgIpc) is 2.89. The van der Waals surface area contributed by atoms with Crippen LogP contribution in [0.1, 0.15) is 5.56 Å². The van der Waals surface area contributed by atoms with Crippen LogP contribution in [0.2, 0.25) is 0 Å². The quantitative estimate of drug-likeness (QED) is 0.285. The van der Waals surface area contributed by atoms with Gasteiger partial charge in [0, 0.05) is 12.2 Å². The normalized spacial score (nSPS) is 10.3. The zero-order valence-corrected chi connectivity index (χ0v) is 19.2. The standard InChI is InChI=1S/C28H25FN2O4/c1-33-27-17-20(11-16-26(27)34-19-28(32)31-25-10-6-5-9-24(25)29)18-30-21-12-14-23(15-13-21)35-22-7-3-2-4-8-22/h2-17,30H,18-19H2,1H3,(H,31,32).